The number of rotatable bonds is 8. The summed E-state index contributed by atoms with van der Waals surface area (Å²) in [6.45, 7) is 15.3. The van der Waals surface area contributed by atoms with Gasteiger partial charge in [0.2, 0.25) is 0 Å². The molecule has 0 atom stereocenters. The molecule has 0 saturated carbocycles. The predicted molar refractivity (Wildman–Crippen MR) is 158 cm³/mol. The number of carbonyl (C=O) groups excluding carboxylic acids is 1. The number of nitrogens with one attached hydrogen (secondary N) is 1. The number of para-hydroxylation sites is 1. The maximum absolute atomic E-state index is 13.8. The highest BCUT2D eigenvalue weighted by molar-refractivity contribution is 6.02. The second kappa shape index (κ2) is 13.7. The Hall–Kier alpha value is -3.27. The molecule has 0 aliphatic carbocycles. The fourth-order valence-electron chi connectivity index (χ4n) is 4.12. The van der Waals surface area contributed by atoms with Crippen LogP contribution in [0.15, 0.2) is 66.7 Å². The minimum Gasteiger partial charge on any atom is -0.378 e. The molecule has 194 valence electrons. The van der Waals surface area contributed by atoms with E-state index < -0.39 is 0 Å². The van der Waals surface area contributed by atoms with E-state index in [9.17, 15) is 4.79 Å². The molecule has 0 fully saturated rings. The molecule has 3 aromatic carbocycles. The molecule has 0 aliphatic rings. The van der Waals surface area contributed by atoms with Crippen LogP contribution < -0.4 is 15.1 Å². The van der Waals surface area contributed by atoms with Crippen molar-refractivity contribution in [1.29, 1.82) is 0 Å². The van der Waals surface area contributed by atoms with E-state index in [1.165, 1.54) is 5.56 Å². The van der Waals surface area contributed by atoms with Crippen LogP contribution in [0.4, 0.5) is 21.9 Å². The lowest BCUT2D eigenvalue weighted by molar-refractivity contribution is 0.256. The Kier molecular flexibility index (Phi) is 11.0. The SMILES string of the molecule is CC.CCc1cccc(C(C)C)c1NC(=O)N(Cc1ccc(N(C)C)cc1)c1ccc(C(C)C)cc1. The third-order valence-corrected chi connectivity index (χ3v) is 6.33. The first kappa shape index (κ1) is 29.0. The summed E-state index contributed by atoms with van der Waals surface area (Å²) >= 11 is 0. The highest BCUT2D eigenvalue weighted by atomic mass is 16.2. The first-order chi connectivity index (χ1) is 17.2. The number of amides is 2. The van der Waals surface area contributed by atoms with Crippen LogP contribution in [0.5, 0.6) is 0 Å². The fourth-order valence-corrected chi connectivity index (χ4v) is 4.12. The minimum absolute atomic E-state index is 0.114. The zero-order valence-electron chi connectivity index (χ0n) is 23.7. The van der Waals surface area contributed by atoms with Crippen molar-refractivity contribution < 1.29 is 4.79 Å². The van der Waals surface area contributed by atoms with Crippen LogP contribution in [0.1, 0.15) is 82.6 Å². The lowest BCUT2D eigenvalue weighted by atomic mass is 9.96. The minimum atomic E-state index is -0.114. The average Bonchev–Trinajstić information content (AvgIpc) is 2.88. The molecular formula is C32H45N3O. The molecule has 0 unspecified atom stereocenters. The highest BCUT2D eigenvalue weighted by Gasteiger charge is 2.20. The summed E-state index contributed by atoms with van der Waals surface area (Å²) in [4.78, 5) is 17.7. The molecule has 3 aromatic rings. The Balaban J connectivity index is 0.00000222. The van der Waals surface area contributed by atoms with Gasteiger partial charge in [-0.05, 0) is 64.8 Å². The molecular weight excluding hydrogens is 442 g/mol. The molecule has 0 radical (unpaired) electrons. The summed E-state index contributed by atoms with van der Waals surface area (Å²) in [6.07, 6.45) is 0.866. The van der Waals surface area contributed by atoms with Gasteiger partial charge in [0.1, 0.15) is 0 Å². The number of hydrogen-bond acceptors (Lipinski definition) is 2. The van der Waals surface area contributed by atoms with E-state index in [0.717, 1.165) is 40.2 Å². The van der Waals surface area contributed by atoms with Gasteiger partial charge < -0.3 is 10.2 Å². The van der Waals surface area contributed by atoms with Gasteiger partial charge in [0.25, 0.3) is 0 Å². The summed E-state index contributed by atoms with van der Waals surface area (Å²) in [7, 11) is 4.06. The monoisotopic (exact) mass is 487 g/mol. The molecule has 0 aliphatic heterocycles. The molecule has 2 amide bonds. The van der Waals surface area contributed by atoms with Crippen LogP contribution in [0.25, 0.3) is 0 Å². The normalized spacial score (nSPS) is 10.6. The summed E-state index contributed by atoms with van der Waals surface area (Å²) < 4.78 is 0. The maximum Gasteiger partial charge on any atom is 0.326 e. The van der Waals surface area contributed by atoms with E-state index in [1.54, 1.807) is 0 Å². The Morgan fingerprint density at radius 1 is 0.806 bits per heavy atom. The standard InChI is InChI=1S/C30H39N3O.C2H6/c1-8-24-10-9-11-28(22(4)5)29(24)31-30(34)33(27-18-14-25(15-19-27)21(2)3)20-23-12-16-26(17-13-23)32(6)7;1-2/h9-19,21-22H,8,20H2,1-7H3,(H,31,34);1-2H3. The Morgan fingerprint density at radius 2 is 1.39 bits per heavy atom. The first-order valence-corrected chi connectivity index (χ1v) is 13.3. The van der Waals surface area contributed by atoms with Gasteiger partial charge >= 0.3 is 6.03 Å². The van der Waals surface area contributed by atoms with Gasteiger partial charge in [-0.3, -0.25) is 4.90 Å². The number of anilines is 3. The van der Waals surface area contributed by atoms with Crippen molar-refractivity contribution in [3.8, 4) is 0 Å². The maximum atomic E-state index is 13.8. The van der Waals surface area contributed by atoms with Crippen molar-refractivity contribution in [2.24, 2.45) is 0 Å². The number of nitrogens with zero attached hydrogens (tertiary/aromatic N) is 2. The fraction of sp³-hybridized carbons (Fsp3) is 0.406. The molecule has 3 rings (SSSR count). The number of aryl methyl sites for hydroxylation is 1. The third-order valence-electron chi connectivity index (χ3n) is 6.33. The van der Waals surface area contributed by atoms with Gasteiger partial charge in [-0.15, -0.1) is 0 Å². The second-order valence-electron chi connectivity index (χ2n) is 9.71. The number of urea groups is 1. The van der Waals surface area contributed by atoms with Crippen molar-refractivity contribution in [3.63, 3.8) is 0 Å². The molecule has 0 spiro atoms. The smallest absolute Gasteiger partial charge is 0.326 e. The molecule has 36 heavy (non-hydrogen) atoms. The Labute approximate surface area is 219 Å². The van der Waals surface area contributed by atoms with Gasteiger partial charge in [-0.1, -0.05) is 90.9 Å². The molecule has 1 N–H and O–H groups in total. The molecule has 0 aromatic heterocycles. The number of hydrogen-bond donors (Lipinski definition) is 1. The lowest BCUT2D eigenvalue weighted by Crippen LogP contribution is -2.35. The van der Waals surface area contributed by atoms with E-state index in [4.69, 9.17) is 0 Å². The highest BCUT2D eigenvalue weighted by Crippen LogP contribution is 2.30. The average molecular weight is 488 g/mol. The zero-order chi connectivity index (χ0) is 26.8. The van der Waals surface area contributed by atoms with Crippen molar-refractivity contribution >= 4 is 23.1 Å². The van der Waals surface area contributed by atoms with Crippen LogP contribution in [0.3, 0.4) is 0 Å². The van der Waals surface area contributed by atoms with Crippen LogP contribution in [0, 0.1) is 0 Å². The van der Waals surface area contributed by atoms with Crippen LogP contribution in [-0.2, 0) is 13.0 Å². The second-order valence-corrected chi connectivity index (χ2v) is 9.71. The van der Waals surface area contributed by atoms with E-state index in [-0.39, 0.29) is 6.03 Å². The van der Waals surface area contributed by atoms with Gasteiger partial charge in [-0.2, -0.15) is 0 Å². The Morgan fingerprint density at radius 3 is 1.89 bits per heavy atom. The van der Waals surface area contributed by atoms with Crippen LogP contribution >= 0.6 is 0 Å². The molecule has 4 nitrogen and oxygen atoms in total. The van der Waals surface area contributed by atoms with Gasteiger partial charge in [0, 0.05) is 31.2 Å². The summed E-state index contributed by atoms with van der Waals surface area (Å²) in [5.74, 6) is 0.763. The molecule has 0 bridgehead atoms. The van der Waals surface area contributed by atoms with E-state index >= 15 is 0 Å². The van der Waals surface area contributed by atoms with Gasteiger partial charge in [0.15, 0.2) is 0 Å². The molecule has 0 heterocycles. The Bertz CT molecular complexity index is 1080. The number of carbonyl (C=O) groups is 1. The summed E-state index contributed by atoms with van der Waals surface area (Å²) in [5, 5.41) is 3.28. The van der Waals surface area contributed by atoms with Crippen molar-refractivity contribution in [2.45, 2.75) is 73.3 Å². The van der Waals surface area contributed by atoms with E-state index in [1.807, 2.05) is 32.8 Å². The summed E-state index contributed by atoms with van der Waals surface area (Å²) in [6, 6.07) is 22.9. The zero-order valence-corrected chi connectivity index (χ0v) is 23.7. The predicted octanol–water partition coefficient (Wildman–Crippen LogP) is 8.83. The van der Waals surface area contributed by atoms with Crippen molar-refractivity contribution in [3.05, 3.63) is 89.0 Å². The van der Waals surface area contributed by atoms with Gasteiger partial charge in [0.05, 0.1) is 6.54 Å². The first-order valence-electron chi connectivity index (χ1n) is 13.3. The van der Waals surface area contributed by atoms with Crippen LogP contribution in [0.2, 0.25) is 0 Å². The molecule has 4 heteroatoms. The van der Waals surface area contributed by atoms with Crippen molar-refractivity contribution in [1.82, 2.24) is 0 Å². The lowest BCUT2D eigenvalue weighted by Gasteiger charge is -2.26. The quantitative estimate of drug-likeness (QED) is 0.344. The van der Waals surface area contributed by atoms with Crippen LogP contribution in [-0.4, -0.2) is 20.1 Å². The van der Waals surface area contributed by atoms with E-state index in [2.05, 4.69) is 112 Å². The van der Waals surface area contributed by atoms with Gasteiger partial charge in [-0.25, -0.2) is 4.79 Å². The summed E-state index contributed by atoms with van der Waals surface area (Å²) in [5.41, 5.74) is 7.64. The van der Waals surface area contributed by atoms with E-state index in [0.29, 0.717) is 18.4 Å². The number of benzene rings is 3. The molecule has 0 saturated heterocycles. The largest absolute Gasteiger partial charge is 0.378 e. The van der Waals surface area contributed by atoms with Crippen molar-refractivity contribution in [2.75, 3.05) is 29.2 Å². The topological polar surface area (TPSA) is 35.6 Å². The third kappa shape index (κ3) is 7.36.